The third kappa shape index (κ3) is 1.89. The van der Waals surface area contributed by atoms with E-state index in [-0.39, 0.29) is 12.5 Å². The van der Waals surface area contributed by atoms with Crippen LogP contribution in [0.25, 0.3) is 27.1 Å². The fourth-order valence-electron chi connectivity index (χ4n) is 3.57. The van der Waals surface area contributed by atoms with Crippen molar-refractivity contribution in [1.29, 1.82) is 0 Å². The Morgan fingerprint density at radius 1 is 1.04 bits per heavy atom. The Labute approximate surface area is 148 Å². The monoisotopic (exact) mass is 350 g/mol. The van der Waals surface area contributed by atoms with Gasteiger partial charge in [-0.3, -0.25) is 0 Å². The molecule has 0 fully saturated rings. The second-order valence-corrected chi connectivity index (χ2v) is 6.11. The molecule has 4 aromatic rings. The Morgan fingerprint density at radius 3 is 2.73 bits per heavy atom. The van der Waals surface area contributed by atoms with Gasteiger partial charge in [0.15, 0.2) is 35.4 Å². The Kier molecular flexibility index (Phi) is 3.03. The van der Waals surface area contributed by atoms with Gasteiger partial charge in [0.1, 0.15) is 5.39 Å². The van der Waals surface area contributed by atoms with Crippen molar-refractivity contribution in [2.75, 3.05) is 21.0 Å². The first-order valence-corrected chi connectivity index (χ1v) is 8.15. The fourth-order valence-corrected chi connectivity index (χ4v) is 3.57. The van der Waals surface area contributed by atoms with Crippen molar-refractivity contribution in [2.24, 2.45) is 0 Å². The first kappa shape index (κ1) is 14.9. The summed E-state index contributed by atoms with van der Waals surface area (Å²) in [6, 6.07) is 9.63. The van der Waals surface area contributed by atoms with Crippen LogP contribution >= 0.6 is 0 Å². The van der Waals surface area contributed by atoms with E-state index in [0.29, 0.717) is 28.4 Å². The van der Waals surface area contributed by atoms with Crippen molar-refractivity contribution in [3.63, 3.8) is 0 Å². The minimum Gasteiger partial charge on any atom is -0.504 e. The summed E-state index contributed by atoms with van der Waals surface area (Å²) in [7, 11) is 3.16. The molecule has 26 heavy (non-hydrogen) atoms. The molecule has 0 amide bonds. The van der Waals surface area contributed by atoms with E-state index in [4.69, 9.17) is 18.9 Å². The molecular formula is C20H16NO5+. The number of nitrogens with zero attached hydrogens (tertiary/aromatic N) is 1. The summed E-state index contributed by atoms with van der Waals surface area (Å²) >= 11 is 0. The Morgan fingerprint density at radius 2 is 1.92 bits per heavy atom. The van der Waals surface area contributed by atoms with Crippen LogP contribution in [-0.4, -0.2) is 26.1 Å². The number of pyridine rings is 2. The van der Waals surface area contributed by atoms with Crippen molar-refractivity contribution in [1.82, 2.24) is 0 Å². The quantitative estimate of drug-likeness (QED) is 0.342. The molecule has 0 radical (unpaired) electrons. The van der Waals surface area contributed by atoms with Gasteiger partial charge in [0.05, 0.1) is 19.6 Å². The Balaban J connectivity index is 1.93. The molecule has 1 aliphatic rings. The minimum absolute atomic E-state index is 0.122. The lowest BCUT2D eigenvalue weighted by Gasteiger charge is -2.10. The standard InChI is InChI=1S/C20H15NO5/c1-23-15-4-3-11-7-14-17-12(5-6-21(14)9-13(11)18(15)22)8-16-19(20(17)24-2)26-10-25-16/h3-9H,10H2,1-2H3/p+1. The molecule has 130 valence electrons. The molecule has 1 aliphatic heterocycles. The van der Waals surface area contributed by atoms with Gasteiger partial charge in [0.25, 0.3) is 0 Å². The Hall–Kier alpha value is -3.41. The van der Waals surface area contributed by atoms with E-state index in [2.05, 4.69) is 0 Å². The number of rotatable bonds is 2. The normalized spacial score (nSPS) is 12.8. The van der Waals surface area contributed by atoms with Crippen LogP contribution in [-0.2, 0) is 0 Å². The largest absolute Gasteiger partial charge is 0.504 e. The molecule has 0 saturated heterocycles. The van der Waals surface area contributed by atoms with Gasteiger partial charge in [-0.05, 0) is 23.6 Å². The number of aromatic hydroxyl groups is 1. The highest BCUT2D eigenvalue weighted by atomic mass is 16.7. The van der Waals surface area contributed by atoms with Crippen molar-refractivity contribution >= 4 is 27.1 Å². The van der Waals surface area contributed by atoms with Crippen LogP contribution in [0, 0.1) is 0 Å². The minimum atomic E-state index is 0.122. The molecule has 6 nitrogen and oxygen atoms in total. The molecule has 0 spiro atoms. The average molecular weight is 350 g/mol. The van der Waals surface area contributed by atoms with Crippen molar-refractivity contribution in [3.8, 4) is 28.7 Å². The number of aromatic nitrogens is 1. The maximum atomic E-state index is 10.5. The molecule has 1 N–H and O–H groups in total. The highest BCUT2D eigenvalue weighted by Crippen LogP contribution is 2.47. The van der Waals surface area contributed by atoms with Gasteiger partial charge >= 0.3 is 0 Å². The molecule has 2 aromatic heterocycles. The number of hydrogen-bond acceptors (Lipinski definition) is 5. The van der Waals surface area contributed by atoms with Gasteiger partial charge in [-0.1, -0.05) is 0 Å². The van der Waals surface area contributed by atoms with Gasteiger partial charge in [-0.15, -0.1) is 0 Å². The molecule has 3 heterocycles. The average Bonchev–Trinajstić information content (AvgIpc) is 3.13. The van der Waals surface area contributed by atoms with Gasteiger partial charge in [-0.2, -0.15) is 4.40 Å². The van der Waals surface area contributed by atoms with Crippen LogP contribution in [0.3, 0.4) is 0 Å². The molecule has 2 aromatic carbocycles. The van der Waals surface area contributed by atoms with E-state index in [0.717, 1.165) is 21.7 Å². The van der Waals surface area contributed by atoms with Gasteiger partial charge in [-0.25, -0.2) is 0 Å². The number of phenolic OH excluding ortho intramolecular Hbond substituents is 1. The van der Waals surface area contributed by atoms with Crippen LogP contribution in [0.15, 0.2) is 42.7 Å². The lowest BCUT2D eigenvalue weighted by molar-refractivity contribution is -0.509. The summed E-state index contributed by atoms with van der Waals surface area (Å²) in [5.74, 6) is 2.51. The summed E-state index contributed by atoms with van der Waals surface area (Å²) in [6.07, 6.45) is 3.82. The molecule has 0 unspecified atom stereocenters. The number of methoxy groups -OCH3 is 2. The molecule has 0 atom stereocenters. The number of benzene rings is 2. The first-order valence-electron chi connectivity index (χ1n) is 8.15. The van der Waals surface area contributed by atoms with Gasteiger partial charge in [0.2, 0.25) is 18.1 Å². The molecule has 0 aliphatic carbocycles. The lowest BCUT2D eigenvalue weighted by atomic mass is 10.0. The topological polar surface area (TPSA) is 61.3 Å². The van der Waals surface area contributed by atoms with E-state index < -0.39 is 0 Å². The molecule has 0 bridgehead atoms. The number of fused-ring (bicyclic) bond motifs is 5. The number of hydrogen-bond donors (Lipinski definition) is 1. The van der Waals surface area contributed by atoms with Gasteiger partial charge in [0, 0.05) is 17.5 Å². The zero-order valence-electron chi connectivity index (χ0n) is 14.3. The maximum Gasteiger partial charge on any atom is 0.231 e. The summed E-state index contributed by atoms with van der Waals surface area (Å²) in [5.41, 5.74) is 0.940. The summed E-state index contributed by atoms with van der Waals surface area (Å²) in [4.78, 5) is 0. The van der Waals surface area contributed by atoms with Crippen LogP contribution < -0.4 is 23.3 Å². The van der Waals surface area contributed by atoms with Crippen LogP contribution in [0.5, 0.6) is 28.7 Å². The van der Waals surface area contributed by atoms with Crippen molar-refractivity contribution in [3.05, 3.63) is 42.7 Å². The third-order valence-corrected chi connectivity index (χ3v) is 4.80. The SMILES string of the molecule is COc1ccc2cc3c4c(OC)c5c(cc4cc[n+]3cc2c1O)OCO5. The Bertz CT molecular complexity index is 1200. The molecule has 5 rings (SSSR count). The smallest absolute Gasteiger partial charge is 0.231 e. The van der Waals surface area contributed by atoms with Gasteiger partial charge < -0.3 is 24.1 Å². The number of ether oxygens (including phenoxy) is 4. The maximum absolute atomic E-state index is 10.5. The van der Waals surface area contributed by atoms with Crippen molar-refractivity contribution < 1.29 is 28.5 Å². The second kappa shape index (κ2) is 5.29. The first-order chi connectivity index (χ1) is 12.7. The highest BCUT2D eigenvalue weighted by molar-refractivity contribution is 6.04. The predicted octanol–water partition coefficient (Wildman–Crippen LogP) is 3.18. The van der Waals surface area contributed by atoms with Crippen LogP contribution in [0.4, 0.5) is 0 Å². The van der Waals surface area contributed by atoms with E-state index in [1.54, 1.807) is 13.2 Å². The summed E-state index contributed by atoms with van der Waals surface area (Å²) < 4.78 is 23.9. The van der Waals surface area contributed by atoms with Crippen LogP contribution in [0.2, 0.25) is 0 Å². The predicted molar refractivity (Wildman–Crippen MR) is 95.5 cm³/mol. The summed E-state index contributed by atoms with van der Waals surface area (Å²) in [6.45, 7) is 0.184. The van der Waals surface area contributed by atoms with E-state index in [1.807, 2.05) is 41.1 Å². The van der Waals surface area contributed by atoms with Crippen LogP contribution in [0.1, 0.15) is 0 Å². The molecule has 6 heteroatoms. The molecular weight excluding hydrogens is 334 g/mol. The molecule has 0 saturated carbocycles. The zero-order valence-corrected chi connectivity index (χ0v) is 14.3. The van der Waals surface area contributed by atoms with E-state index in [9.17, 15) is 5.11 Å². The summed E-state index contributed by atoms with van der Waals surface area (Å²) in [5, 5.41) is 14.0. The third-order valence-electron chi connectivity index (χ3n) is 4.80. The second-order valence-electron chi connectivity index (χ2n) is 6.11. The lowest BCUT2D eigenvalue weighted by Crippen LogP contribution is -2.20. The van der Waals surface area contributed by atoms with Crippen molar-refractivity contribution in [2.45, 2.75) is 0 Å². The van der Waals surface area contributed by atoms with E-state index >= 15 is 0 Å². The van der Waals surface area contributed by atoms with E-state index in [1.165, 1.54) is 7.11 Å². The zero-order chi connectivity index (χ0) is 17.8. The highest BCUT2D eigenvalue weighted by Gasteiger charge is 2.26. The fraction of sp³-hybridized carbons (Fsp3) is 0.150. The number of phenols is 1.